The van der Waals surface area contributed by atoms with Crippen LogP contribution >= 0.6 is 0 Å². The lowest BCUT2D eigenvalue weighted by atomic mass is 10.1. The predicted octanol–water partition coefficient (Wildman–Crippen LogP) is 3.63. The lowest BCUT2D eigenvalue weighted by Gasteiger charge is -2.11. The SMILES string of the molecule is COc1ccc(-c2nc3n(n2)C(CC(=O)Nc2cccc4ccccc24)C(=O)N3)cc1. The fourth-order valence-electron chi connectivity index (χ4n) is 3.68. The number of hydrogen-bond donors (Lipinski definition) is 2. The number of hydrogen-bond acceptors (Lipinski definition) is 5. The molecule has 0 bridgehead atoms. The first kappa shape index (κ1) is 18.8. The molecule has 0 spiro atoms. The number of carbonyl (C=O) groups is 2. The van der Waals surface area contributed by atoms with Gasteiger partial charge in [-0.25, -0.2) is 4.68 Å². The highest BCUT2D eigenvalue weighted by Gasteiger charge is 2.35. The van der Waals surface area contributed by atoms with E-state index in [0.717, 1.165) is 22.1 Å². The summed E-state index contributed by atoms with van der Waals surface area (Å²) in [5.74, 6) is 0.956. The zero-order chi connectivity index (χ0) is 21.4. The molecule has 4 aromatic rings. The highest BCUT2D eigenvalue weighted by molar-refractivity contribution is 6.05. The molecule has 1 aliphatic heterocycles. The second kappa shape index (κ2) is 7.56. The molecular weight excluding hydrogens is 394 g/mol. The standard InChI is InChI=1S/C23H19N5O3/c1-31-16-11-9-15(10-12-16)21-25-23-26-22(30)19(28(23)27-21)13-20(29)24-18-8-4-6-14-5-2-3-7-17(14)18/h2-12,19H,13H2,1H3,(H,24,29)(H,25,26,27,30). The Morgan fingerprint density at radius 3 is 2.68 bits per heavy atom. The maximum atomic E-state index is 12.7. The molecule has 8 heteroatoms. The summed E-state index contributed by atoms with van der Waals surface area (Å²) in [5.41, 5.74) is 1.50. The summed E-state index contributed by atoms with van der Waals surface area (Å²) in [5, 5.41) is 12.1. The summed E-state index contributed by atoms with van der Waals surface area (Å²) < 4.78 is 6.65. The first-order valence-corrected chi connectivity index (χ1v) is 9.82. The lowest BCUT2D eigenvalue weighted by Crippen LogP contribution is -2.23. The number of rotatable bonds is 5. The number of aromatic nitrogens is 3. The Morgan fingerprint density at radius 1 is 1.10 bits per heavy atom. The van der Waals surface area contributed by atoms with E-state index in [-0.39, 0.29) is 18.2 Å². The molecule has 154 valence electrons. The van der Waals surface area contributed by atoms with E-state index in [2.05, 4.69) is 20.7 Å². The van der Waals surface area contributed by atoms with Crippen LogP contribution in [-0.4, -0.2) is 33.7 Å². The quantitative estimate of drug-likeness (QED) is 0.521. The van der Waals surface area contributed by atoms with Crippen LogP contribution < -0.4 is 15.4 Å². The number of methoxy groups -OCH3 is 1. The summed E-state index contributed by atoms with van der Waals surface area (Å²) in [4.78, 5) is 29.6. The van der Waals surface area contributed by atoms with Gasteiger partial charge in [0.25, 0.3) is 5.91 Å². The van der Waals surface area contributed by atoms with Crippen LogP contribution in [0.1, 0.15) is 12.5 Å². The van der Waals surface area contributed by atoms with Crippen molar-refractivity contribution < 1.29 is 14.3 Å². The van der Waals surface area contributed by atoms with Crippen molar-refractivity contribution in [3.05, 3.63) is 66.7 Å². The number of amides is 2. The van der Waals surface area contributed by atoms with Crippen LogP contribution in [0.2, 0.25) is 0 Å². The van der Waals surface area contributed by atoms with Crippen LogP contribution in [0, 0.1) is 0 Å². The van der Waals surface area contributed by atoms with Gasteiger partial charge in [0.2, 0.25) is 11.9 Å². The number of carbonyl (C=O) groups excluding carboxylic acids is 2. The lowest BCUT2D eigenvalue weighted by molar-refractivity contribution is -0.123. The average molecular weight is 413 g/mol. The molecule has 0 aliphatic carbocycles. The monoisotopic (exact) mass is 413 g/mol. The molecule has 8 nitrogen and oxygen atoms in total. The van der Waals surface area contributed by atoms with E-state index >= 15 is 0 Å². The molecule has 2 heterocycles. The largest absolute Gasteiger partial charge is 0.497 e. The van der Waals surface area contributed by atoms with Crippen molar-refractivity contribution >= 4 is 34.2 Å². The zero-order valence-corrected chi connectivity index (χ0v) is 16.7. The average Bonchev–Trinajstić information content (AvgIpc) is 3.32. The van der Waals surface area contributed by atoms with Crippen molar-refractivity contribution in [1.29, 1.82) is 0 Å². The summed E-state index contributed by atoms with van der Waals surface area (Å²) in [6, 6.07) is 20.1. The third-order valence-electron chi connectivity index (χ3n) is 5.25. The predicted molar refractivity (Wildman–Crippen MR) is 117 cm³/mol. The fraction of sp³-hybridized carbons (Fsp3) is 0.130. The molecule has 1 atom stereocenters. The van der Waals surface area contributed by atoms with Gasteiger partial charge in [0.05, 0.1) is 13.5 Å². The Morgan fingerprint density at radius 2 is 1.87 bits per heavy atom. The molecular formula is C23H19N5O3. The van der Waals surface area contributed by atoms with Crippen LogP contribution in [0.15, 0.2) is 66.7 Å². The van der Waals surface area contributed by atoms with E-state index in [9.17, 15) is 9.59 Å². The Labute approximate surface area is 177 Å². The molecule has 0 fully saturated rings. The molecule has 1 aromatic heterocycles. The van der Waals surface area contributed by atoms with Gasteiger partial charge in [-0.2, -0.15) is 4.98 Å². The molecule has 1 unspecified atom stereocenters. The zero-order valence-electron chi connectivity index (χ0n) is 16.7. The van der Waals surface area contributed by atoms with E-state index in [0.29, 0.717) is 17.5 Å². The molecule has 1 aliphatic rings. The Balaban J connectivity index is 1.36. The van der Waals surface area contributed by atoms with E-state index in [1.807, 2.05) is 66.7 Å². The molecule has 0 saturated carbocycles. The minimum absolute atomic E-state index is 0.0481. The van der Waals surface area contributed by atoms with Crippen LogP contribution in [0.25, 0.3) is 22.2 Å². The van der Waals surface area contributed by atoms with Crippen LogP contribution in [-0.2, 0) is 9.59 Å². The highest BCUT2D eigenvalue weighted by Crippen LogP contribution is 2.30. The van der Waals surface area contributed by atoms with Gasteiger partial charge in [0.1, 0.15) is 11.8 Å². The van der Waals surface area contributed by atoms with Crippen molar-refractivity contribution in [2.45, 2.75) is 12.5 Å². The third-order valence-corrected chi connectivity index (χ3v) is 5.25. The Hall–Kier alpha value is -4.20. The number of nitrogens with zero attached hydrogens (tertiary/aromatic N) is 3. The van der Waals surface area contributed by atoms with Crippen molar-refractivity contribution in [2.75, 3.05) is 17.7 Å². The van der Waals surface area contributed by atoms with Gasteiger partial charge in [0.15, 0.2) is 5.82 Å². The van der Waals surface area contributed by atoms with Crippen molar-refractivity contribution in [1.82, 2.24) is 14.8 Å². The second-order valence-corrected chi connectivity index (χ2v) is 7.22. The smallest absolute Gasteiger partial charge is 0.252 e. The van der Waals surface area contributed by atoms with E-state index < -0.39 is 6.04 Å². The molecule has 2 N–H and O–H groups in total. The van der Waals surface area contributed by atoms with E-state index in [1.165, 1.54) is 4.68 Å². The number of nitrogens with one attached hydrogen (secondary N) is 2. The fourth-order valence-corrected chi connectivity index (χ4v) is 3.68. The normalized spacial score (nSPS) is 14.9. The van der Waals surface area contributed by atoms with Gasteiger partial charge in [-0.3, -0.25) is 14.9 Å². The maximum Gasteiger partial charge on any atom is 0.252 e. The van der Waals surface area contributed by atoms with Gasteiger partial charge in [-0.15, -0.1) is 5.10 Å². The van der Waals surface area contributed by atoms with Crippen LogP contribution in [0.4, 0.5) is 11.6 Å². The molecule has 3 aromatic carbocycles. The highest BCUT2D eigenvalue weighted by atomic mass is 16.5. The molecule has 0 saturated heterocycles. The number of ether oxygens (including phenoxy) is 1. The summed E-state index contributed by atoms with van der Waals surface area (Å²) in [6.07, 6.45) is -0.0481. The van der Waals surface area contributed by atoms with Crippen molar-refractivity contribution in [3.8, 4) is 17.1 Å². The molecule has 0 radical (unpaired) electrons. The number of fused-ring (bicyclic) bond motifs is 2. The summed E-state index contributed by atoms with van der Waals surface area (Å²) in [6.45, 7) is 0. The van der Waals surface area contributed by atoms with Gasteiger partial charge < -0.3 is 10.1 Å². The summed E-state index contributed by atoms with van der Waals surface area (Å²) in [7, 11) is 1.60. The van der Waals surface area contributed by atoms with Crippen molar-refractivity contribution in [2.24, 2.45) is 0 Å². The third kappa shape index (κ3) is 3.48. The minimum Gasteiger partial charge on any atom is -0.497 e. The Bertz CT molecular complexity index is 1290. The van der Waals surface area contributed by atoms with Gasteiger partial charge in [0, 0.05) is 16.6 Å². The van der Waals surface area contributed by atoms with Crippen LogP contribution in [0.5, 0.6) is 5.75 Å². The number of anilines is 2. The maximum absolute atomic E-state index is 12.7. The second-order valence-electron chi connectivity index (χ2n) is 7.22. The Kier molecular flexibility index (Phi) is 4.59. The van der Waals surface area contributed by atoms with Crippen LogP contribution in [0.3, 0.4) is 0 Å². The van der Waals surface area contributed by atoms with E-state index in [4.69, 9.17) is 4.74 Å². The van der Waals surface area contributed by atoms with Crippen molar-refractivity contribution in [3.63, 3.8) is 0 Å². The van der Waals surface area contributed by atoms with E-state index in [1.54, 1.807) is 7.11 Å². The van der Waals surface area contributed by atoms with Gasteiger partial charge in [-0.05, 0) is 35.7 Å². The first-order valence-electron chi connectivity index (χ1n) is 9.82. The van der Waals surface area contributed by atoms with Gasteiger partial charge in [-0.1, -0.05) is 36.4 Å². The molecule has 2 amide bonds. The molecule has 31 heavy (non-hydrogen) atoms. The van der Waals surface area contributed by atoms with Gasteiger partial charge >= 0.3 is 0 Å². The summed E-state index contributed by atoms with van der Waals surface area (Å²) >= 11 is 0. The number of benzene rings is 3. The topological polar surface area (TPSA) is 98.1 Å². The first-order chi connectivity index (χ1) is 15.1. The molecule has 5 rings (SSSR count). The minimum atomic E-state index is -0.760.